The number of carbonyl (C=O) groups is 1. The Kier molecular flexibility index (Phi) is 5.01. The molecule has 0 aliphatic rings. The largest absolute Gasteiger partial charge is 0.500 e. The first-order valence-corrected chi connectivity index (χ1v) is 4.90. The van der Waals surface area contributed by atoms with Crippen LogP contribution in [0.2, 0.25) is 0 Å². The van der Waals surface area contributed by atoms with Gasteiger partial charge in [-0.05, 0) is 19.1 Å². The lowest BCUT2D eigenvalue weighted by atomic mass is 10.2. The summed E-state index contributed by atoms with van der Waals surface area (Å²) in [6.07, 6.45) is 3.41. The minimum atomic E-state index is -0.0697. The second-order valence-electron chi connectivity index (χ2n) is 2.96. The minimum Gasteiger partial charge on any atom is -0.500 e. The van der Waals surface area contributed by atoms with Gasteiger partial charge in [-0.15, -0.1) is 0 Å². The van der Waals surface area contributed by atoms with Crippen molar-refractivity contribution in [3.63, 3.8) is 0 Å². The summed E-state index contributed by atoms with van der Waals surface area (Å²) in [5, 5.41) is 2.76. The maximum atomic E-state index is 11.5. The Balaban J connectivity index is 2.25. The van der Waals surface area contributed by atoms with Gasteiger partial charge < -0.3 is 10.1 Å². The zero-order chi connectivity index (χ0) is 10.9. The molecule has 3 heteroatoms. The van der Waals surface area contributed by atoms with Crippen LogP contribution in [0.5, 0.6) is 0 Å². The molecule has 0 aliphatic heterocycles. The maximum Gasteiger partial charge on any atom is 0.251 e. The van der Waals surface area contributed by atoms with Crippen LogP contribution in [0, 0.1) is 0 Å². The number of nitrogens with one attached hydrogen (secondary N) is 1. The summed E-state index contributed by atoms with van der Waals surface area (Å²) < 4.78 is 5.07. The molecule has 1 aromatic rings. The second-order valence-corrected chi connectivity index (χ2v) is 2.96. The van der Waals surface area contributed by atoms with E-state index in [-0.39, 0.29) is 5.91 Å². The van der Waals surface area contributed by atoms with Crippen LogP contribution in [0.3, 0.4) is 0 Å². The highest BCUT2D eigenvalue weighted by atomic mass is 16.5. The van der Waals surface area contributed by atoms with E-state index >= 15 is 0 Å². The van der Waals surface area contributed by atoms with Gasteiger partial charge in [-0.3, -0.25) is 4.79 Å². The van der Waals surface area contributed by atoms with Gasteiger partial charge in [0.15, 0.2) is 0 Å². The predicted molar refractivity (Wildman–Crippen MR) is 59.5 cm³/mol. The molecule has 0 spiro atoms. The van der Waals surface area contributed by atoms with Crippen LogP contribution in [0.1, 0.15) is 17.3 Å². The van der Waals surface area contributed by atoms with E-state index in [4.69, 9.17) is 4.74 Å². The average Bonchev–Trinajstić information content (AvgIpc) is 2.30. The molecule has 3 nitrogen and oxygen atoms in total. The average molecular weight is 205 g/mol. The van der Waals surface area contributed by atoms with Crippen molar-refractivity contribution in [1.29, 1.82) is 0 Å². The number of carbonyl (C=O) groups excluding carboxylic acids is 1. The fourth-order valence-electron chi connectivity index (χ4n) is 1.08. The van der Waals surface area contributed by atoms with Crippen molar-refractivity contribution in [1.82, 2.24) is 5.32 Å². The highest BCUT2D eigenvalue weighted by Crippen LogP contribution is 1.97. The molecule has 0 atom stereocenters. The van der Waals surface area contributed by atoms with Crippen LogP contribution in [0.15, 0.2) is 42.7 Å². The zero-order valence-electron chi connectivity index (χ0n) is 8.77. The first kappa shape index (κ1) is 11.3. The van der Waals surface area contributed by atoms with E-state index in [1.165, 1.54) is 0 Å². The van der Waals surface area contributed by atoms with Gasteiger partial charge in [0.2, 0.25) is 0 Å². The van der Waals surface area contributed by atoms with Gasteiger partial charge in [-0.2, -0.15) is 0 Å². The van der Waals surface area contributed by atoms with Gasteiger partial charge in [-0.25, -0.2) is 0 Å². The number of amides is 1. The fourth-order valence-corrected chi connectivity index (χ4v) is 1.08. The molecule has 0 heterocycles. The summed E-state index contributed by atoms with van der Waals surface area (Å²) >= 11 is 0. The van der Waals surface area contributed by atoms with Crippen LogP contribution in [0.4, 0.5) is 0 Å². The molecule has 1 N–H and O–H groups in total. The SMILES string of the molecule is CC=COCCNC(=O)c1ccccc1. The lowest BCUT2D eigenvalue weighted by Gasteiger charge is -2.04. The van der Waals surface area contributed by atoms with E-state index in [1.54, 1.807) is 24.5 Å². The topological polar surface area (TPSA) is 38.3 Å². The molecular formula is C12H15NO2. The lowest BCUT2D eigenvalue weighted by Crippen LogP contribution is -2.26. The number of hydrogen-bond donors (Lipinski definition) is 1. The van der Waals surface area contributed by atoms with Gasteiger partial charge >= 0.3 is 0 Å². The van der Waals surface area contributed by atoms with Crippen LogP contribution < -0.4 is 5.32 Å². The third-order valence-electron chi connectivity index (χ3n) is 1.77. The fraction of sp³-hybridized carbons (Fsp3) is 0.250. The third kappa shape index (κ3) is 4.31. The second kappa shape index (κ2) is 6.65. The van der Waals surface area contributed by atoms with Crippen LogP contribution in [0.25, 0.3) is 0 Å². The molecule has 0 bridgehead atoms. The number of allylic oxidation sites excluding steroid dienone is 1. The summed E-state index contributed by atoms with van der Waals surface area (Å²) in [5.74, 6) is -0.0697. The molecule has 80 valence electrons. The van der Waals surface area contributed by atoms with E-state index < -0.39 is 0 Å². The predicted octanol–water partition coefficient (Wildman–Crippen LogP) is 1.97. The van der Waals surface area contributed by atoms with Crippen molar-refractivity contribution in [2.24, 2.45) is 0 Å². The van der Waals surface area contributed by atoms with Crippen molar-refractivity contribution in [3.8, 4) is 0 Å². The Morgan fingerprint density at radius 2 is 2.13 bits per heavy atom. The van der Waals surface area contributed by atoms with E-state index in [0.717, 1.165) is 0 Å². The first-order chi connectivity index (χ1) is 7.34. The molecule has 0 unspecified atom stereocenters. The quantitative estimate of drug-likeness (QED) is 0.589. The molecular weight excluding hydrogens is 190 g/mol. The molecule has 0 aliphatic carbocycles. The minimum absolute atomic E-state index is 0.0697. The number of hydrogen-bond acceptors (Lipinski definition) is 2. The molecule has 0 saturated heterocycles. The molecule has 0 radical (unpaired) electrons. The Morgan fingerprint density at radius 3 is 2.80 bits per heavy atom. The summed E-state index contributed by atoms with van der Waals surface area (Å²) in [4.78, 5) is 11.5. The third-order valence-corrected chi connectivity index (χ3v) is 1.77. The van der Waals surface area contributed by atoms with Crippen molar-refractivity contribution in [3.05, 3.63) is 48.2 Å². The molecule has 1 aromatic carbocycles. The Labute approximate surface area is 89.8 Å². The van der Waals surface area contributed by atoms with Crippen molar-refractivity contribution >= 4 is 5.91 Å². The van der Waals surface area contributed by atoms with Gasteiger partial charge in [0, 0.05) is 5.56 Å². The van der Waals surface area contributed by atoms with E-state index in [9.17, 15) is 4.79 Å². The number of rotatable bonds is 5. The Hall–Kier alpha value is -1.77. The molecule has 0 fully saturated rings. The molecule has 0 aromatic heterocycles. The molecule has 15 heavy (non-hydrogen) atoms. The van der Waals surface area contributed by atoms with Crippen molar-refractivity contribution in [2.75, 3.05) is 13.2 Å². The highest BCUT2D eigenvalue weighted by Gasteiger charge is 2.01. The number of benzene rings is 1. The van der Waals surface area contributed by atoms with E-state index in [1.807, 2.05) is 25.1 Å². The van der Waals surface area contributed by atoms with Crippen molar-refractivity contribution < 1.29 is 9.53 Å². The summed E-state index contributed by atoms with van der Waals surface area (Å²) in [5.41, 5.74) is 0.670. The van der Waals surface area contributed by atoms with E-state index in [0.29, 0.717) is 18.7 Å². The van der Waals surface area contributed by atoms with Crippen molar-refractivity contribution in [2.45, 2.75) is 6.92 Å². The van der Waals surface area contributed by atoms with Gasteiger partial charge in [0.25, 0.3) is 5.91 Å². The summed E-state index contributed by atoms with van der Waals surface area (Å²) in [7, 11) is 0. The van der Waals surface area contributed by atoms with Gasteiger partial charge in [0.1, 0.15) is 6.61 Å². The van der Waals surface area contributed by atoms with Crippen LogP contribution in [-0.2, 0) is 4.74 Å². The van der Waals surface area contributed by atoms with Crippen LogP contribution in [-0.4, -0.2) is 19.1 Å². The molecule has 1 rings (SSSR count). The lowest BCUT2D eigenvalue weighted by molar-refractivity contribution is 0.0943. The molecule has 0 saturated carbocycles. The summed E-state index contributed by atoms with van der Waals surface area (Å²) in [6.45, 7) is 2.88. The van der Waals surface area contributed by atoms with Gasteiger partial charge in [-0.1, -0.05) is 24.3 Å². The van der Waals surface area contributed by atoms with E-state index in [2.05, 4.69) is 5.32 Å². The number of ether oxygens (including phenoxy) is 1. The summed E-state index contributed by atoms with van der Waals surface area (Å²) in [6, 6.07) is 9.12. The monoisotopic (exact) mass is 205 g/mol. The molecule has 1 amide bonds. The normalized spacial score (nSPS) is 10.2. The van der Waals surface area contributed by atoms with Gasteiger partial charge in [0.05, 0.1) is 12.8 Å². The Morgan fingerprint density at radius 1 is 1.40 bits per heavy atom. The Bertz CT molecular complexity index is 320. The van der Waals surface area contributed by atoms with Crippen LogP contribution >= 0.6 is 0 Å². The highest BCUT2D eigenvalue weighted by molar-refractivity contribution is 5.94. The maximum absolute atomic E-state index is 11.5. The standard InChI is InChI=1S/C12H15NO2/c1-2-9-15-10-8-13-12(14)11-6-4-3-5-7-11/h2-7,9H,8,10H2,1H3,(H,13,14). The first-order valence-electron chi connectivity index (χ1n) is 4.90. The zero-order valence-corrected chi connectivity index (χ0v) is 8.77. The smallest absolute Gasteiger partial charge is 0.251 e.